The Hall–Kier alpha value is 0.120. The van der Waals surface area contributed by atoms with Crippen molar-refractivity contribution >= 4 is 22.6 Å². The second kappa shape index (κ2) is 6.72. The molecule has 19 heavy (non-hydrogen) atoms. The minimum Gasteiger partial charge on any atom is -0.327 e. The van der Waals surface area contributed by atoms with Gasteiger partial charge in [-0.05, 0) is 31.1 Å². The lowest BCUT2D eigenvalue weighted by Crippen LogP contribution is -2.54. The fourth-order valence-electron chi connectivity index (χ4n) is 3.14. The van der Waals surface area contributed by atoms with Gasteiger partial charge in [0.2, 0.25) is 0 Å². The van der Waals surface area contributed by atoms with E-state index in [2.05, 4.69) is 13.8 Å². The second-order valence-electron chi connectivity index (χ2n) is 6.03. The van der Waals surface area contributed by atoms with E-state index in [0.717, 1.165) is 19.3 Å². The molecule has 0 radical (unpaired) electrons. The minimum absolute atomic E-state index is 0. The van der Waals surface area contributed by atoms with Crippen LogP contribution in [0.2, 0.25) is 0 Å². The van der Waals surface area contributed by atoms with Gasteiger partial charge in [0.25, 0.3) is 10.2 Å². The van der Waals surface area contributed by atoms with Crippen LogP contribution in [0.15, 0.2) is 0 Å². The molecule has 2 saturated heterocycles. The molecule has 2 fully saturated rings. The molecule has 2 N–H and O–H groups in total. The maximum atomic E-state index is 12.6. The average Bonchev–Trinajstić information content (AvgIpc) is 2.27. The first-order valence-electron chi connectivity index (χ1n) is 6.90. The van der Waals surface area contributed by atoms with Crippen LogP contribution in [0.4, 0.5) is 0 Å². The molecule has 2 aliphatic heterocycles. The van der Waals surface area contributed by atoms with E-state index in [1.54, 1.807) is 8.61 Å². The highest BCUT2D eigenvalue weighted by Gasteiger charge is 2.36. The SMILES string of the molecule is CC1CC(C)CN(S(=O)(=O)N2CCCC(N)C2)C1.Cl. The van der Waals surface area contributed by atoms with E-state index in [4.69, 9.17) is 5.73 Å². The molecule has 0 spiro atoms. The molecule has 0 aliphatic carbocycles. The lowest BCUT2D eigenvalue weighted by atomic mass is 9.94. The Morgan fingerprint density at radius 1 is 1.05 bits per heavy atom. The smallest absolute Gasteiger partial charge is 0.282 e. The van der Waals surface area contributed by atoms with Crippen LogP contribution in [0.25, 0.3) is 0 Å². The third-order valence-corrected chi connectivity index (χ3v) is 5.84. The lowest BCUT2D eigenvalue weighted by molar-refractivity contribution is 0.201. The van der Waals surface area contributed by atoms with E-state index in [1.807, 2.05) is 0 Å². The highest BCUT2D eigenvalue weighted by Crippen LogP contribution is 2.25. The zero-order chi connectivity index (χ0) is 13.3. The first-order chi connectivity index (χ1) is 8.39. The predicted octanol–water partition coefficient (Wildman–Crippen LogP) is 1.05. The molecule has 0 amide bonds. The summed E-state index contributed by atoms with van der Waals surface area (Å²) >= 11 is 0. The molecule has 7 heteroatoms. The van der Waals surface area contributed by atoms with Gasteiger partial charge in [0, 0.05) is 32.2 Å². The monoisotopic (exact) mass is 311 g/mol. The molecule has 0 saturated carbocycles. The molecular formula is C12H26ClN3O2S. The first-order valence-corrected chi connectivity index (χ1v) is 8.30. The molecular weight excluding hydrogens is 286 g/mol. The highest BCUT2D eigenvalue weighted by molar-refractivity contribution is 7.86. The van der Waals surface area contributed by atoms with Crippen molar-refractivity contribution in [2.45, 2.75) is 39.2 Å². The molecule has 2 rings (SSSR count). The quantitative estimate of drug-likeness (QED) is 0.829. The van der Waals surface area contributed by atoms with Crippen LogP contribution < -0.4 is 5.73 Å². The Balaban J connectivity index is 0.00000180. The molecule has 3 unspecified atom stereocenters. The lowest BCUT2D eigenvalue weighted by Gasteiger charge is -2.39. The van der Waals surface area contributed by atoms with Crippen molar-refractivity contribution in [1.29, 1.82) is 0 Å². The number of nitrogens with two attached hydrogens (primary N) is 1. The van der Waals surface area contributed by atoms with E-state index < -0.39 is 10.2 Å². The molecule has 0 aromatic heterocycles. The van der Waals surface area contributed by atoms with Crippen molar-refractivity contribution in [3.8, 4) is 0 Å². The largest absolute Gasteiger partial charge is 0.327 e. The summed E-state index contributed by atoms with van der Waals surface area (Å²) in [6, 6.07) is -0.00633. The van der Waals surface area contributed by atoms with Gasteiger partial charge in [-0.1, -0.05) is 13.8 Å². The Bertz CT molecular complexity index is 380. The third kappa shape index (κ3) is 4.04. The van der Waals surface area contributed by atoms with Gasteiger partial charge in [0.1, 0.15) is 0 Å². The van der Waals surface area contributed by atoms with Crippen molar-refractivity contribution in [2.24, 2.45) is 17.6 Å². The van der Waals surface area contributed by atoms with Gasteiger partial charge < -0.3 is 5.73 Å². The fraction of sp³-hybridized carbons (Fsp3) is 1.00. The average molecular weight is 312 g/mol. The van der Waals surface area contributed by atoms with Gasteiger partial charge in [-0.15, -0.1) is 12.4 Å². The fourth-order valence-corrected chi connectivity index (χ4v) is 5.09. The summed E-state index contributed by atoms with van der Waals surface area (Å²) < 4.78 is 28.4. The van der Waals surface area contributed by atoms with Crippen molar-refractivity contribution in [3.63, 3.8) is 0 Å². The van der Waals surface area contributed by atoms with E-state index in [0.29, 0.717) is 38.0 Å². The van der Waals surface area contributed by atoms with Crippen LogP contribution in [-0.2, 0) is 10.2 Å². The van der Waals surface area contributed by atoms with Crippen molar-refractivity contribution in [1.82, 2.24) is 8.61 Å². The number of rotatable bonds is 2. The molecule has 2 aliphatic rings. The molecule has 0 aromatic carbocycles. The van der Waals surface area contributed by atoms with Crippen molar-refractivity contribution in [3.05, 3.63) is 0 Å². The Morgan fingerprint density at radius 3 is 2.16 bits per heavy atom. The minimum atomic E-state index is -3.30. The zero-order valence-corrected chi connectivity index (χ0v) is 13.4. The number of piperidine rings is 2. The summed E-state index contributed by atoms with van der Waals surface area (Å²) in [4.78, 5) is 0. The maximum absolute atomic E-state index is 12.6. The summed E-state index contributed by atoms with van der Waals surface area (Å²) in [6.07, 6.45) is 2.92. The summed E-state index contributed by atoms with van der Waals surface area (Å²) in [6.45, 7) is 6.65. The van der Waals surface area contributed by atoms with Gasteiger partial charge in [-0.2, -0.15) is 17.0 Å². The molecule has 0 bridgehead atoms. The third-order valence-electron chi connectivity index (χ3n) is 3.91. The van der Waals surface area contributed by atoms with Crippen LogP contribution in [0.5, 0.6) is 0 Å². The van der Waals surface area contributed by atoms with Gasteiger partial charge >= 0.3 is 0 Å². The summed E-state index contributed by atoms with van der Waals surface area (Å²) in [5, 5.41) is 0. The molecule has 2 heterocycles. The van der Waals surface area contributed by atoms with Crippen LogP contribution in [0.3, 0.4) is 0 Å². The normalized spacial score (nSPS) is 34.8. The summed E-state index contributed by atoms with van der Waals surface area (Å²) in [7, 11) is -3.30. The summed E-state index contributed by atoms with van der Waals surface area (Å²) in [5.41, 5.74) is 5.88. The van der Waals surface area contributed by atoms with E-state index >= 15 is 0 Å². The van der Waals surface area contributed by atoms with Crippen molar-refractivity contribution in [2.75, 3.05) is 26.2 Å². The van der Waals surface area contributed by atoms with Crippen LogP contribution in [0.1, 0.15) is 33.1 Å². The standard InChI is InChI=1S/C12H25N3O2S.ClH/c1-10-6-11(2)8-15(7-10)18(16,17)14-5-3-4-12(13)9-14;/h10-12H,3-9,13H2,1-2H3;1H. The van der Waals surface area contributed by atoms with E-state index in [-0.39, 0.29) is 18.4 Å². The number of hydrogen-bond acceptors (Lipinski definition) is 3. The van der Waals surface area contributed by atoms with E-state index in [1.165, 1.54) is 0 Å². The van der Waals surface area contributed by atoms with Crippen LogP contribution in [-0.4, -0.2) is 49.2 Å². The highest BCUT2D eigenvalue weighted by atomic mass is 35.5. The van der Waals surface area contributed by atoms with Crippen LogP contribution in [0, 0.1) is 11.8 Å². The number of hydrogen-bond donors (Lipinski definition) is 1. The van der Waals surface area contributed by atoms with Crippen molar-refractivity contribution < 1.29 is 8.42 Å². The van der Waals surface area contributed by atoms with Gasteiger partial charge in [-0.3, -0.25) is 0 Å². The molecule has 114 valence electrons. The first kappa shape index (κ1) is 17.2. The molecule has 0 aromatic rings. The van der Waals surface area contributed by atoms with Gasteiger partial charge in [0.05, 0.1) is 0 Å². The Kier molecular flexibility index (Phi) is 6.07. The predicted molar refractivity (Wildman–Crippen MR) is 79.5 cm³/mol. The maximum Gasteiger partial charge on any atom is 0.282 e. The Labute approximate surface area is 123 Å². The number of halogens is 1. The number of nitrogens with zero attached hydrogens (tertiary/aromatic N) is 2. The van der Waals surface area contributed by atoms with Gasteiger partial charge in [-0.25, -0.2) is 0 Å². The topological polar surface area (TPSA) is 66.6 Å². The Morgan fingerprint density at radius 2 is 1.63 bits per heavy atom. The summed E-state index contributed by atoms with van der Waals surface area (Å²) in [5.74, 6) is 0.893. The second-order valence-corrected chi connectivity index (χ2v) is 7.96. The molecule has 5 nitrogen and oxygen atoms in total. The van der Waals surface area contributed by atoms with E-state index in [9.17, 15) is 8.42 Å². The zero-order valence-electron chi connectivity index (χ0n) is 11.8. The van der Waals surface area contributed by atoms with Crippen LogP contribution >= 0.6 is 12.4 Å². The molecule has 3 atom stereocenters. The van der Waals surface area contributed by atoms with Gasteiger partial charge in [0.15, 0.2) is 0 Å².